The SMILES string of the molecule is CCCC1CCC(n2c(O)c(F)c(=O)[nH]c2=O)CC1. The van der Waals surface area contributed by atoms with Crippen molar-refractivity contribution in [1.29, 1.82) is 0 Å². The molecule has 1 heterocycles. The van der Waals surface area contributed by atoms with E-state index >= 15 is 0 Å². The summed E-state index contributed by atoms with van der Waals surface area (Å²) in [5, 5.41) is 9.65. The number of nitrogens with one attached hydrogen (secondary N) is 1. The highest BCUT2D eigenvalue weighted by Crippen LogP contribution is 2.35. The van der Waals surface area contributed by atoms with Crippen molar-refractivity contribution in [3.63, 3.8) is 0 Å². The average molecular weight is 270 g/mol. The van der Waals surface area contributed by atoms with E-state index in [2.05, 4.69) is 6.92 Å². The van der Waals surface area contributed by atoms with Crippen LogP contribution in [0.3, 0.4) is 0 Å². The second-order valence-corrected chi connectivity index (χ2v) is 5.23. The Morgan fingerprint density at radius 1 is 1.32 bits per heavy atom. The largest absolute Gasteiger partial charge is 0.492 e. The van der Waals surface area contributed by atoms with E-state index < -0.39 is 22.9 Å². The molecule has 0 radical (unpaired) electrons. The lowest BCUT2D eigenvalue weighted by Gasteiger charge is -2.29. The predicted octanol–water partition coefficient (Wildman–Crippen LogP) is 1.91. The lowest BCUT2D eigenvalue weighted by molar-refractivity contribution is 0.233. The lowest BCUT2D eigenvalue weighted by Crippen LogP contribution is -2.35. The van der Waals surface area contributed by atoms with E-state index in [1.54, 1.807) is 0 Å². The molecule has 1 aromatic heterocycles. The Balaban J connectivity index is 2.23. The van der Waals surface area contributed by atoms with Crippen molar-refractivity contribution in [1.82, 2.24) is 9.55 Å². The molecule has 0 bridgehead atoms. The van der Waals surface area contributed by atoms with E-state index in [9.17, 15) is 19.1 Å². The van der Waals surface area contributed by atoms with Crippen LogP contribution >= 0.6 is 0 Å². The number of hydrogen-bond acceptors (Lipinski definition) is 3. The molecule has 6 heteroatoms. The number of aromatic nitrogens is 2. The second-order valence-electron chi connectivity index (χ2n) is 5.23. The summed E-state index contributed by atoms with van der Waals surface area (Å²) in [7, 11) is 0. The second kappa shape index (κ2) is 5.59. The molecular formula is C13H19FN2O3. The molecular weight excluding hydrogens is 251 g/mol. The highest BCUT2D eigenvalue weighted by Gasteiger charge is 2.26. The van der Waals surface area contributed by atoms with Crippen molar-refractivity contribution in [3.05, 3.63) is 26.7 Å². The summed E-state index contributed by atoms with van der Waals surface area (Å²) in [4.78, 5) is 24.6. The monoisotopic (exact) mass is 270 g/mol. The molecule has 2 rings (SSSR count). The topological polar surface area (TPSA) is 75.1 Å². The third kappa shape index (κ3) is 2.72. The fourth-order valence-electron chi connectivity index (χ4n) is 2.95. The van der Waals surface area contributed by atoms with Crippen LogP contribution in [-0.4, -0.2) is 14.7 Å². The van der Waals surface area contributed by atoms with Crippen molar-refractivity contribution in [2.24, 2.45) is 5.92 Å². The van der Waals surface area contributed by atoms with Crippen LogP contribution in [0.2, 0.25) is 0 Å². The highest BCUT2D eigenvalue weighted by molar-refractivity contribution is 5.11. The van der Waals surface area contributed by atoms with Crippen LogP contribution in [0.4, 0.5) is 4.39 Å². The fraction of sp³-hybridized carbons (Fsp3) is 0.692. The fourth-order valence-corrected chi connectivity index (χ4v) is 2.95. The minimum atomic E-state index is -1.28. The van der Waals surface area contributed by atoms with Crippen molar-refractivity contribution < 1.29 is 9.50 Å². The molecule has 0 spiro atoms. The summed E-state index contributed by atoms with van der Waals surface area (Å²) < 4.78 is 14.4. The summed E-state index contributed by atoms with van der Waals surface area (Å²) in [5.41, 5.74) is -1.90. The molecule has 5 nitrogen and oxygen atoms in total. The van der Waals surface area contributed by atoms with Gasteiger partial charge in [-0.2, -0.15) is 4.39 Å². The van der Waals surface area contributed by atoms with Crippen LogP contribution in [-0.2, 0) is 0 Å². The van der Waals surface area contributed by atoms with Crippen molar-refractivity contribution >= 4 is 0 Å². The number of rotatable bonds is 3. The van der Waals surface area contributed by atoms with Crippen LogP contribution in [0.1, 0.15) is 51.5 Å². The summed E-state index contributed by atoms with van der Waals surface area (Å²) in [5.74, 6) is -1.48. The Labute approximate surface area is 110 Å². The molecule has 2 N–H and O–H groups in total. The quantitative estimate of drug-likeness (QED) is 0.881. The molecule has 1 saturated carbocycles. The molecule has 19 heavy (non-hydrogen) atoms. The Bertz CT molecular complexity index is 556. The van der Waals surface area contributed by atoms with Gasteiger partial charge in [0.1, 0.15) is 0 Å². The Morgan fingerprint density at radius 3 is 2.53 bits per heavy atom. The van der Waals surface area contributed by atoms with Gasteiger partial charge in [-0.3, -0.25) is 14.3 Å². The van der Waals surface area contributed by atoms with Gasteiger partial charge in [-0.1, -0.05) is 19.8 Å². The molecule has 0 aliphatic heterocycles. The van der Waals surface area contributed by atoms with Crippen molar-refractivity contribution in [3.8, 4) is 5.88 Å². The van der Waals surface area contributed by atoms with E-state index in [0.717, 1.165) is 43.1 Å². The van der Waals surface area contributed by atoms with Gasteiger partial charge in [-0.15, -0.1) is 0 Å². The zero-order valence-corrected chi connectivity index (χ0v) is 11.0. The van der Waals surface area contributed by atoms with Crippen LogP contribution in [0.25, 0.3) is 0 Å². The number of nitrogens with zero attached hydrogens (tertiary/aromatic N) is 1. The van der Waals surface area contributed by atoms with E-state index in [1.165, 1.54) is 0 Å². The molecule has 106 valence electrons. The zero-order valence-electron chi connectivity index (χ0n) is 11.0. The highest BCUT2D eigenvalue weighted by atomic mass is 19.1. The molecule has 1 fully saturated rings. The molecule has 0 saturated heterocycles. The maximum atomic E-state index is 13.4. The van der Waals surface area contributed by atoms with E-state index in [-0.39, 0.29) is 6.04 Å². The number of aromatic hydroxyl groups is 1. The molecule has 0 aromatic carbocycles. The van der Waals surface area contributed by atoms with Gasteiger partial charge in [0.25, 0.3) is 5.56 Å². The third-order valence-electron chi connectivity index (χ3n) is 3.94. The average Bonchev–Trinajstić information content (AvgIpc) is 2.38. The first-order valence-corrected chi connectivity index (χ1v) is 6.77. The van der Waals surface area contributed by atoms with Gasteiger partial charge in [0.05, 0.1) is 0 Å². The Kier molecular flexibility index (Phi) is 4.07. The van der Waals surface area contributed by atoms with Crippen molar-refractivity contribution in [2.45, 2.75) is 51.5 Å². The number of aromatic amines is 1. The Hall–Kier alpha value is -1.59. The van der Waals surface area contributed by atoms with Crippen LogP contribution in [0.15, 0.2) is 9.59 Å². The molecule has 0 unspecified atom stereocenters. The minimum Gasteiger partial charge on any atom is -0.492 e. The van der Waals surface area contributed by atoms with E-state index in [4.69, 9.17) is 0 Å². The van der Waals surface area contributed by atoms with Gasteiger partial charge in [-0.25, -0.2) is 4.79 Å². The molecule has 1 aliphatic carbocycles. The molecule has 0 amide bonds. The van der Waals surface area contributed by atoms with Gasteiger partial charge in [0.2, 0.25) is 11.7 Å². The van der Waals surface area contributed by atoms with Gasteiger partial charge >= 0.3 is 5.69 Å². The Morgan fingerprint density at radius 2 is 1.95 bits per heavy atom. The summed E-state index contributed by atoms with van der Waals surface area (Å²) in [6, 6.07) is -0.230. The third-order valence-corrected chi connectivity index (χ3v) is 3.94. The predicted molar refractivity (Wildman–Crippen MR) is 68.8 cm³/mol. The lowest BCUT2D eigenvalue weighted by atomic mass is 9.83. The van der Waals surface area contributed by atoms with E-state index in [0.29, 0.717) is 5.92 Å². The normalized spacial score (nSPS) is 23.5. The first-order chi connectivity index (χ1) is 9.04. The zero-order chi connectivity index (χ0) is 14.0. The smallest absolute Gasteiger partial charge is 0.331 e. The first kappa shape index (κ1) is 13.8. The van der Waals surface area contributed by atoms with Crippen LogP contribution in [0, 0.1) is 11.7 Å². The van der Waals surface area contributed by atoms with Crippen LogP contribution < -0.4 is 11.2 Å². The van der Waals surface area contributed by atoms with Gasteiger partial charge in [-0.05, 0) is 31.6 Å². The van der Waals surface area contributed by atoms with Crippen molar-refractivity contribution in [2.75, 3.05) is 0 Å². The molecule has 1 aliphatic rings. The maximum Gasteiger partial charge on any atom is 0.331 e. The summed E-state index contributed by atoms with van der Waals surface area (Å²) in [6.45, 7) is 2.14. The molecule has 1 aromatic rings. The number of halogens is 1. The van der Waals surface area contributed by atoms with E-state index in [1.807, 2.05) is 4.98 Å². The molecule has 0 atom stereocenters. The minimum absolute atomic E-state index is 0.230. The maximum absolute atomic E-state index is 13.4. The first-order valence-electron chi connectivity index (χ1n) is 6.77. The van der Waals surface area contributed by atoms with Gasteiger partial charge < -0.3 is 5.11 Å². The van der Waals surface area contributed by atoms with Gasteiger partial charge in [0.15, 0.2) is 0 Å². The summed E-state index contributed by atoms with van der Waals surface area (Å²) in [6.07, 6.45) is 5.67. The number of hydrogen-bond donors (Lipinski definition) is 2. The number of H-pyrrole nitrogens is 1. The van der Waals surface area contributed by atoms with Gasteiger partial charge in [0, 0.05) is 6.04 Å². The van der Waals surface area contributed by atoms with Crippen LogP contribution in [0.5, 0.6) is 5.88 Å². The standard InChI is InChI=1S/C13H19FN2O3/c1-2-3-8-4-6-9(7-5-8)16-12(18)10(14)11(17)15-13(16)19/h8-9,18H,2-7H2,1H3,(H,15,17,19). The summed E-state index contributed by atoms with van der Waals surface area (Å²) >= 11 is 0.